The first-order chi connectivity index (χ1) is 17.6. The summed E-state index contributed by atoms with van der Waals surface area (Å²) in [5.74, 6) is 5.05. The Morgan fingerprint density at radius 2 is 1.70 bits per heavy atom. The molecule has 1 aromatic rings. The standard InChI is InChI=1S/C34H51BrO2/c1-23(2)10-9-11-24(3)28-14-15-29-27-17-21-34(35)22-26(37-31(36)25-12-7-6-8-13-25)16-20-33(34,5)30(27)18-19-32(28,29)4/h6-8,12-13,23-24,26-30H,9-11,14-22H2,1-5H3/t24-,26+,27-,28+,29-,30+,32-,33-,34+/m1/s1. The molecule has 5 rings (SSSR count). The molecule has 2 nitrogen and oxygen atoms in total. The van der Waals surface area contributed by atoms with Crippen LogP contribution >= 0.6 is 15.9 Å². The van der Waals surface area contributed by atoms with Gasteiger partial charge in [0.2, 0.25) is 0 Å². The summed E-state index contributed by atoms with van der Waals surface area (Å²) in [5.41, 5.74) is 1.51. The molecule has 0 unspecified atom stereocenters. The van der Waals surface area contributed by atoms with E-state index < -0.39 is 0 Å². The molecule has 4 fully saturated rings. The van der Waals surface area contributed by atoms with E-state index in [-0.39, 0.29) is 16.4 Å². The molecule has 0 bridgehead atoms. The second-order valence-electron chi connectivity index (χ2n) is 14.5. The van der Waals surface area contributed by atoms with Gasteiger partial charge in [0, 0.05) is 10.7 Å². The second-order valence-corrected chi connectivity index (χ2v) is 16.0. The first-order valence-corrected chi connectivity index (χ1v) is 16.3. The van der Waals surface area contributed by atoms with Crippen molar-refractivity contribution in [2.24, 2.45) is 46.3 Å². The van der Waals surface area contributed by atoms with Crippen LogP contribution in [0.5, 0.6) is 0 Å². The number of ether oxygens (including phenoxy) is 1. The predicted octanol–water partition coefficient (Wildman–Crippen LogP) is 9.85. The Morgan fingerprint density at radius 1 is 0.946 bits per heavy atom. The van der Waals surface area contributed by atoms with Crippen molar-refractivity contribution >= 4 is 21.9 Å². The van der Waals surface area contributed by atoms with E-state index in [2.05, 4.69) is 50.5 Å². The van der Waals surface area contributed by atoms with Crippen LogP contribution in [0.15, 0.2) is 30.3 Å². The maximum atomic E-state index is 12.8. The minimum Gasteiger partial charge on any atom is -0.459 e. The summed E-state index contributed by atoms with van der Waals surface area (Å²) in [6.07, 6.45) is 15.7. The van der Waals surface area contributed by atoms with Gasteiger partial charge in [0.05, 0.1) is 5.56 Å². The lowest BCUT2D eigenvalue weighted by molar-refractivity contribution is -0.116. The van der Waals surface area contributed by atoms with Gasteiger partial charge in [0.25, 0.3) is 0 Å². The fourth-order valence-electron chi connectivity index (χ4n) is 10.1. The number of fused-ring (bicyclic) bond motifs is 5. The molecule has 4 saturated carbocycles. The molecule has 1 aromatic carbocycles. The van der Waals surface area contributed by atoms with Gasteiger partial charge in [0.1, 0.15) is 6.10 Å². The van der Waals surface area contributed by atoms with E-state index in [1.54, 1.807) is 0 Å². The van der Waals surface area contributed by atoms with Crippen molar-refractivity contribution in [1.29, 1.82) is 0 Å². The molecule has 0 heterocycles. The van der Waals surface area contributed by atoms with Crippen LogP contribution in [0.3, 0.4) is 0 Å². The van der Waals surface area contributed by atoms with Crippen molar-refractivity contribution in [3.63, 3.8) is 0 Å². The number of alkyl halides is 1. The number of rotatable bonds is 7. The normalized spacial score (nSPS) is 42.0. The van der Waals surface area contributed by atoms with Gasteiger partial charge in [-0.3, -0.25) is 0 Å². The van der Waals surface area contributed by atoms with Gasteiger partial charge in [-0.25, -0.2) is 4.79 Å². The monoisotopic (exact) mass is 570 g/mol. The van der Waals surface area contributed by atoms with Crippen molar-refractivity contribution in [3.05, 3.63) is 35.9 Å². The van der Waals surface area contributed by atoms with E-state index in [9.17, 15) is 4.79 Å². The fraction of sp³-hybridized carbons (Fsp3) is 0.794. The summed E-state index contributed by atoms with van der Waals surface area (Å²) in [6.45, 7) is 12.6. The molecule has 4 aliphatic carbocycles. The summed E-state index contributed by atoms with van der Waals surface area (Å²) in [6, 6.07) is 9.51. The minimum absolute atomic E-state index is 0.0214. The van der Waals surface area contributed by atoms with Gasteiger partial charge in [-0.05, 0) is 110 Å². The average molecular weight is 572 g/mol. The second kappa shape index (κ2) is 10.6. The van der Waals surface area contributed by atoms with Gasteiger partial charge >= 0.3 is 5.97 Å². The lowest BCUT2D eigenvalue weighted by Gasteiger charge is -2.64. The van der Waals surface area contributed by atoms with Gasteiger partial charge in [-0.15, -0.1) is 0 Å². The quantitative estimate of drug-likeness (QED) is 0.241. The summed E-state index contributed by atoms with van der Waals surface area (Å²) in [7, 11) is 0. The molecule has 4 aliphatic rings. The van der Waals surface area contributed by atoms with Crippen LogP contribution < -0.4 is 0 Å². The molecule has 0 spiro atoms. The Bertz CT molecular complexity index is 944. The number of esters is 1. The van der Waals surface area contributed by atoms with E-state index in [1.165, 1.54) is 64.2 Å². The van der Waals surface area contributed by atoms with E-state index in [0.717, 1.165) is 48.3 Å². The van der Waals surface area contributed by atoms with Crippen molar-refractivity contribution < 1.29 is 9.53 Å². The largest absolute Gasteiger partial charge is 0.459 e. The van der Waals surface area contributed by atoms with E-state index >= 15 is 0 Å². The number of halogens is 1. The Labute approximate surface area is 235 Å². The molecule has 3 heteroatoms. The van der Waals surface area contributed by atoms with Crippen molar-refractivity contribution in [2.45, 2.75) is 122 Å². The molecule has 9 atom stereocenters. The Hall–Kier alpha value is -0.830. The molecule has 0 aromatic heterocycles. The number of carbonyl (C=O) groups excluding carboxylic acids is 1. The average Bonchev–Trinajstić information content (AvgIpc) is 3.22. The highest BCUT2D eigenvalue weighted by molar-refractivity contribution is 9.10. The molecule has 206 valence electrons. The third kappa shape index (κ3) is 4.98. The molecule has 37 heavy (non-hydrogen) atoms. The van der Waals surface area contributed by atoms with Crippen LogP contribution in [-0.4, -0.2) is 16.4 Å². The summed E-state index contributed by atoms with van der Waals surface area (Å²) < 4.78 is 6.17. The van der Waals surface area contributed by atoms with Crippen molar-refractivity contribution in [1.82, 2.24) is 0 Å². The lowest BCUT2D eigenvalue weighted by atomic mass is 9.44. The summed E-state index contributed by atoms with van der Waals surface area (Å²) in [5, 5.41) is 0. The third-order valence-corrected chi connectivity index (χ3v) is 13.8. The number of hydrogen-bond donors (Lipinski definition) is 0. The number of carbonyl (C=O) groups is 1. The maximum absolute atomic E-state index is 12.8. The van der Waals surface area contributed by atoms with E-state index in [4.69, 9.17) is 4.74 Å². The zero-order chi connectivity index (χ0) is 26.4. The molecule has 0 N–H and O–H groups in total. The van der Waals surface area contributed by atoms with Gasteiger partial charge in [-0.2, -0.15) is 0 Å². The lowest BCUT2D eigenvalue weighted by Crippen LogP contribution is -2.60. The van der Waals surface area contributed by atoms with Gasteiger partial charge in [-0.1, -0.05) is 88.0 Å². The molecule has 0 saturated heterocycles. The first kappa shape index (κ1) is 27.7. The van der Waals surface area contributed by atoms with Gasteiger partial charge in [0.15, 0.2) is 0 Å². The molecule has 0 radical (unpaired) electrons. The Kier molecular flexibility index (Phi) is 7.96. The van der Waals surface area contributed by atoms with Crippen LogP contribution in [0.1, 0.15) is 122 Å². The molecule has 0 amide bonds. The smallest absolute Gasteiger partial charge is 0.338 e. The fourth-order valence-corrected chi connectivity index (χ4v) is 11.2. The predicted molar refractivity (Wildman–Crippen MR) is 157 cm³/mol. The van der Waals surface area contributed by atoms with Crippen LogP contribution in [0.25, 0.3) is 0 Å². The molecular weight excluding hydrogens is 520 g/mol. The summed E-state index contributed by atoms with van der Waals surface area (Å²) in [4.78, 5) is 12.8. The zero-order valence-corrected chi connectivity index (χ0v) is 25.7. The SMILES string of the molecule is CC(C)CCC[C@@H](C)[C@@H]1CC[C@@H]2[C@H]3CC[C@]4(Br)C[C@@H](OC(=O)c5ccccc5)CC[C@]4(C)[C@H]3CC[C@@]21C. The highest BCUT2D eigenvalue weighted by Gasteiger charge is 2.64. The van der Waals surface area contributed by atoms with Crippen molar-refractivity contribution in [2.75, 3.05) is 0 Å². The summed E-state index contributed by atoms with van der Waals surface area (Å²) >= 11 is 4.35. The number of hydrogen-bond acceptors (Lipinski definition) is 2. The zero-order valence-electron chi connectivity index (χ0n) is 24.1. The molecule has 0 aliphatic heterocycles. The highest BCUT2D eigenvalue weighted by Crippen LogP contribution is 2.71. The molecular formula is C34H51BrO2. The minimum atomic E-state index is -0.160. The van der Waals surface area contributed by atoms with Crippen molar-refractivity contribution in [3.8, 4) is 0 Å². The van der Waals surface area contributed by atoms with Crippen LogP contribution in [0.4, 0.5) is 0 Å². The highest BCUT2D eigenvalue weighted by atomic mass is 79.9. The van der Waals surface area contributed by atoms with Crippen LogP contribution in [0, 0.1) is 46.3 Å². The van der Waals surface area contributed by atoms with Crippen LogP contribution in [-0.2, 0) is 4.74 Å². The van der Waals surface area contributed by atoms with Gasteiger partial charge < -0.3 is 4.74 Å². The third-order valence-electron chi connectivity index (χ3n) is 12.2. The van der Waals surface area contributed by atoms with E-state index in [0.29, 0.717) is 16.4 Å². The first-order valence-electron chi connectivity index (χ1n) is 15.5. The van der Waals surface area contributed by atoms with E-state index in [1.807, 2.05) is 30.3 Å². The van der Waals surface area contributed by atoms with Crippen LogP contribution in [0.2, 0.25) is 0 Å². The Balaban J connectivity index is 1.26. The number of benzene rings is 1. The topological polar surface area (TPSA) is 26.3 Å². The Morgan fingerprint density at radius 3 is 2.43 bits per heavy atom. The maximum Gasteiger partial charge on any atom is 0.338 e.